The van der Waals surface area contributed by atoms with Gasteiger partial charge in [-0.05, 0) is 25.3 Å². The van der Waals surface area contributed by atoms with Crippen LogP contribution in [0.1, 0.15) is 19.3 Å². The topological polar surface area (TPSA) is 0 Å². The van der Waals surface area contributed by atoms with Crippen molar-refractivity contribution in [1.82, 2.24) is 0 Å². The second-order valence-corrected chi connectivity index (χ2v) is 2.44. The van der Waals surface area contributed by atoms with Crippen LogP contribution in [0.2, 0.25) is 0 Å². The first-order valence-electron chi connectivity index (χ1n) is 4.04. The van der Waals surface area contributed by atoms with E-state index >= 15 is 0 Å². The summed E-state index contributed by atoms with van der Waals surface area (Å²) >= 11 is 0. The highest BCUT2D eigenvalue weighted by Crippen LogP contribution is 1.96. The second kappa shape index (κ2) is 5.72. The van der Waals surface area contributed by atoms with E-state index in [-0.39, 0.29) is 0 Å². The van der Waals surface area contributed by atoms with E-state index in [1.54, 1.807) is 0 Å². The van der Waals surface area contributed by atoms with E-state index in [0.717, 1.165) is 19.3 Å². The van der Waals surface area contributed by atoms with Crippen molar-refractivity contribution in [2.45, 2.75) is 19.3 Å². The van der Waals surface area contributed by atoms with Crippen molar-refractivity contribution in [1.29, 1.82) is 0 Å². The maximum atomic E-state index is 3.09. The van der Waals surface area contributed by atoms with Gasteiger partial charge in [0.25, 0.3) is 0 Å². The zero-order chi connectivity index (χ0) is 7.78. The number of rotatable bonds is 0. The van der Waals surface area contributed by atoms with Crippen molar-refractivity contribution in [2.24, 2.45) is 0 Å². The SMILES string of the molecule is [C]1=CCCC=CCC=CC=C1. The van der Waals surface area contributed by atoms with Crippen LogP contribution in [0.25, 0.3) is 0 Å². The van der Waals surface area contributed by atoms with Gasteiger partial charge in [0.05, 0.1) is 0 Å². The van der Waals surface area contributed by atoms with Crippen LogP contribution in [-0.4, -0.2) is 0 Å². The molecule has 0 fully saturated rings. The van der Waals surface area contributed by atoms with E-state index in [2.05, 4.69) is 36.5 Å². The molecule has 0 aromatic carbocycles. The Labute approximate surface area is 68.6 Å². The van der Waals surface area contributed by atoms with Gasteiger partial charge in [-0.2, -0.15) is 0 Å². The average Bonchev–Trinajstić information content (AvgIpc) is 2.08. The number of hydrogen-bond donors (Lipinski definition) is 0. The Morgan fingerprint density at radius 1 is 0.909 bits per heavy atom. The average molecular weight is 145 g/mol. The Bertz CT molecular complexity index is 192. The van der Waals surface area contributed by atoms with E-state index in [4.69, 9.17) is 0 Å². The fourth-order valence-corrected chi connectivity index (χ4v) is 0.892. The summed E-state index contributed by atoms with van der Waals surface area (Å²) in [4.78, 5) is 0. The summed E-state index contributed by atoms with van der Waals surface area (Å²) in [5.74, 6) is 0. The predicted molar refractivity (Wildman–Crippen MR) is 49.1 cm³/mol. The van der Waals surface area contributed by atoms with Gasteiger partial charge in [-0.15, -0.1) is 0 Å². The Kier molecular flexibility index (Phi) is 4.19. The Balaban J connectivity index is 2.47. The first-order chi connectivity index (χ1) is 5.50. The largest absolute Gasteiger partial charge is 0.0879 e. The smallest absolute Gasteiger partial charge is 0.0166 e. The minimum atomic E-state index is 1.05. The molecule has 0 N–H and O–H groups in total. The minimum Gasteiger partial charge on any atom is -0.0879 e. The zero-order valence-corrected chi connectivity index (χ0v) is 6.66. The van der Waals surface area contributed by atoms with Crippen LogP contribution >= 0.6 is 0 Å². The maximum absolute atomic E-state index is 3.09. The molecule has 0 saturated carbocycles. The van der Waals surface area contributed by atoms with Gasteiger partial charge in [-0.3, -0.25) is 0 Å². The van der Waals surface area contributed by atoms with Crippen molar-refractivity contribution >= 4 is 0 Å². The van der Waals surface area contributed by atoms with E-state index in [1.807, 2.05) is 12.2 Å². The molecule has 0 amide bonds. The molecule has 0 aromatic rings. The summed E-state index contributed by atoms with van der Waals surface area (Å²) in [6, 6.07) is 0. The van der Waals surface area contributed by atoms with Crippen LogP contribution < -0.4 is 0 Å². The van der Waals surface area contributed by atoms with E-state index in [0.29, 0.717) is 0 Å². The van der Waals surface area contributed by atoms with E-state index < -0.39 is 0 Å². The third-order valence-corrected chi connectivity index (χ3v) is 1.47. The van der Waals surface area contributed by atoms with Crippen molar-refractivity contribution < 1.29 is 0 Å². The highest BCUT2D eigenvalue weighted by molar-refractivity contribution is 5.09. The molecule has 0 saturated heterocycles. The molecule has 0 aliphatic heterocycles. The molecular formula is C11H13. The molecule has 0 heterocycles. The molecule has 0 unspecified atom stereocenters. The Hall–Kier alpha value is -1.04. The molecule has 1 aliphatic rings. The summed E-state index contributed by atoms with van der Waals surface area (Å²) in [5.41, 5.74) is 0. The Morgan fingerprint density at radius 3 is 2.91 bits per heavy atom. The standard InChI is InChI=1S/C11H13/c1-2-4-6-8-10-11-9-7-5-3-1/h1-4,7-9H,5,10-11H2. The summed E-state index contributed by atoms with van der Waals surface area (Å²) in [6.45, 7) is 0. The van der Waals surface area contributed by atoms with Gasteiger partial charge in [-0.1, -0.05) is 42.5 Å². The number of hydrogen-bond acceptors (Lipinski definition) is 0. The quantitative estimate of drug-likeness (QED) is 0.459. The molecule has 57 valence electrons. The van der Waals surface area contributed by atoms with Gasteiger partial charge < -0.3 is 0 Å². The molecule has 1 rings (SSSR count). The van der Waals surface area contributed by atoms with Crippen LogP contribution in [0.4, 0.5) is 0 Å². The first kappa shape index (κ1) is 8.06. The molecule has 0 aromatic heterocycles. The summed E-state index contributed by atoms with van der Waals surface area (Å²) in [7, 11) is 0. The highest BCUT2D eigenvalue weighted by Gasteiger charge is 1.77. The van der Waals surface area contributed by atoms with Crippen LogP contribution in [-0.2, 0) is 0 Å². The zero-order valence-electron chi connectivity index (χ0n) is 6.66. The molecule has 1 radical (unpaired) electrons. The van der Waals surface area contributed by atoms with Crippen molar-refractivity contribution in [3.05, 3.63) is 48.6 Å². The highest BCUT2D eigenvalue weighted by atomic mass is 13.8. The molecular weight excluding hydrogens is 132 g/mol. The lowest BCUT2D eigenvalue weighted by Gasteiger charge is -1.83. The molecule has 0 bridgehead atoms. The monoisotopic (exact) mass is 145 g/mol. The fraction of sp³-hybridized carbons (Fsp3) is 0.273. The minimum absolute atomic E-state index is 1.05. The number of allylic oxidation sites excluding steroid dienone is 8. The molecule has 0 spiro atoms. The Morgan fingerprint density at radius 2 is 1.91 bits per heavy atom. The van der Waals surface area contributed by atoms with E-state index in [9.17, 15) is 0 Å². The van der Waals surface area contributed by atoms with Crippen molar-refractivity contribution in [3.8, 4) is 0 Å². The molecule has 0 atom stereocenters. The van der Waals surface area contributed by atoms with Crippen LogP contribution in [0, 0.1) is 6.08 Å². The third kappa shape index (κ3) is 4.38. The van der Waals surface area contributed by atoms with Crippen LogP contribution in [0.15, 0.2) is 42.5 Å². The molecule has 0 nitrogen and oxygen atoms in total. The maximum Gasteiger partial charge on any atom is -0.0166 e. The predicted octanol–water partition coefficient (Wildman–Crippen LogP) is 3.20. The lowest BCUT2D eigenvalue weighted by molar-refractivity contribution is 1.04. The van der Waals surface area contributed by atoms with Gasteiger partial charge in [0.15, 0.2) is 0 Å². The van der Waals surface area contributed by atoms with Gasteiger partial charge in [0.2, 0.25) is 0 Å². The summed E-state index contributed by atoms with van der Waals surface area (Å²) in [5, 5.41) is 0. The fourth-order valence-electron chi connectivity index (χ4n) is 0.892. The van der Waals surface area contributed by atoms with Crippen LogP contribution in [0.3, 0.4) is 0 Å². The van der Waals surface area contributed by atoms with Gasteiger partial charge >= 0.3 is 0 Å². The van der Waals surface area contributed by atoms with Crippen LogP contribution in [0.5, 0.6) is 0 Å². The summed E-state index contributed by atoms with van der Waals surface area (Å²) in [6.07, 6.45) is 21.0. The van der Waals surface area contributed by atoms with Crippen molar-refractivity contribution in [2.75, 3.05) is 0 Å². The second-order valence-electron chi connectivity index (χ2n) is 2.44. The lowest BCUT2D eigenvalue weighted by atomic mass is 10.2. The first-order valence-corrected chi connectivity index (χ1v) is 4.04. The third-order valence-electron chi connectivity index (χ3n) is 1.47. The molecule has 11 heavy (non-hydrogen) atoms. The van der Waals surface area contributed by atoms with Gasteiger partial charge in [0.1, 0.15) is 0 Å². The normalized spacial score (nSPS) is 18.2. The van der Waals surface area contributed by atoms with Gasteiger partial charge in [-0.25, -0.2) is 0 Å². The van der Waals surface area contributed by atoms with Gasteiger partial charge in [0, 0.05) is 0 Å². The van der Waals surface area contributed by atoms with E-state index in [1.165, 1.54) is 0 Å². The molecule has 1 aliphatic carbocycles. The van der Waals surface area contributed by atoms with Crippen molar-refractivity contribution in [3.63, 3.8) is 0 Å². The lowest BCUT2D eigenvalue weighted by Crippen LogP contribution is -1.63. The molecule has 0 heteroatoms. The summed E-state index contributed by atoms with van der Waals surface area (Å²) < 4.78 is 0.